The van der Waals surface area contributed by atoms with Gasteiger partial charge in [-0.05, 0) is 23.8 Å². The zero-order chi connectivity index (χ0) is 17.6. The number of aromatic nitrogens is 2. The molecule has 0 spiro atoms. The summed E-state index contributed by atoms with van der Waals surface area (Å²) in [7, 11) is 1.66. The zero-order valence-corrected chi connectivity index (χ0v) is 14.3. The first-order valence-electron chi connectivity index (χ1n) is 8.30. The largest absolute Gasteiger partial charge is 0.497 e. The van der Waals surface area contributed by atoms with E-state index in [0.29, 0.717) is 13.1 Å². The normalized spacial score (nSPS) is 15.2. The molecule has 0 N–H and O–H groups in total. The van der Waals surface area contributed by atoms with E-state index in [1.165, 1.54) is 16.3 Å². The van der Waals surface area contributed by atoms with Crippen LogP contribution in [0.2, 0.25) is 0 Å². The van der Waals surface area contributed by atoms with Crippen molar-refractivity contribution in [1.29, 1.82) is 0 Å². The van der Waals surface area contributed by atoms with Gasteiger partial charge in [0.25, 0.3) is 0 Å². The van der Waals surface area contributed by atoms with E-state index in [9.17, 15) is 9.59 Å². The van der Waals surface area contributed by atoms with Gasteiger partial charge >= 0.3 is 5.69 Å². The van der Waals surface area contributed by atoms with Gasteiger partial charge in [0, 0.05) is 45.1 Å². The van der Waals surface area contributed by atoms with Crippen LogP contribution >= 0.6 is 0 Å². The van der Waals surface area contributed by atoms with Crippen LogP contribution in [0.15, 0.2) is 47.5 Å². The number of hydrogen-bond donors (Lipinski definition) is 0. The number of methoxy groups -OCH3 is 1. The number of benzene rings is 1. The van der Waals surface area contributed by atoms with E-state index in [0.717, 1.165) is 25.4 Å². The molecule has 1 aliphatic heterocycles. The van der Waals surface area contributed by atoms with Gasteiger partial charge in [-0.2, -0.15) is 0 Å². The van der Waals surface area contributed by atoms with Gasteiger partial charge in [0.05, 0.1) is 7.11 Å². The fraction of sp³-hybridized carbons (Fsp3) is 0.389. The Labute approximate surface area is 146 Å². The van der Waals surface area contributed by atoms with Crippen molar-refractivity contribution in [2.75, 3.05) is 33.3 Å². The van der Waals surface area contributed by atoms with Crippen LogP contribution in [0.5, 0.6) is 5.75 Å². The van der Waals surface area contributed by atoms with Gasteiger partial charge in [-0.3, -0.25) is 14.3 Å². The van der Waals surface area contributed by atoms with Gasteiger partial charge in [-0.1, -0.05) is 12.1 Å². The average Bonchev–Trinajstić information content (AvgIpc) is 2.65. The third-order valence-corrected chi connectivity index (χ3v) is 4.38. The molecule has 0 radical (unpaired) electrons. The molecule has 1 aromatic heterocycles. The monoisotopic (exact) mass is 342 g/mol. The highest BCUT2D eigenvalue weighted by molar-refractivity contribution is 5.76. The minimum absolute atomic E-state index is 0.0424. The molecule has 2 aromatic rings. The molecule has 132 valence electrons. The van der Waals surface area contributed by atoms with Gasteiger partial charge in [-0.25, -0.2) is 9.78 Å². The minimum Gasteiger partial charge on any atom is -0.497 e. The summed E-state index contributed by atoms with van der Waals surface area (Å²) in [4.78, 5) is 31.8. The Hall–Kier alpha value is -2.67. The number of piperazine rings is 1. The molecule has 0 bridgehead atoms. The number of carbonyl (C=O) groups excluding carboxylic acids is 1. The minimum atomic E-state index is -0.394. The Balaban J connectivity index is 1.50. The lowest BCUT2D eigenvalue weighted by Gasteiger charge is -2.34. The summed E-state index contributed by atoms with van der Waals surface area (Å²) in [6.45, 7) is 3.88. The number of amides is 1. The molecule has 1 aliphatic rings. The van der Waals surface area contributed by atoms with E-state index in [-0.39, 0.29) is 12.5 Å². The Bertz CT molecular complexity index is 764. The van der Waals surface area contributed by atoms with Crippen LogP contribution in [0.3, 0.4) is 0 Å². The van der Waals surface area contributed by atoms with Crippen LogP contribution in [-0.4, -0.2) is 58.5 Å². The maximum Gasteiger partial charge on any atom is 0.347 e. The lowest BCUT2D eigenvalue weighted by Crippen LogP contribution is -2.49. The predicted molar refractivity (Wildman–Crippen MR) is 93.3 cm³/mol. The van der Waals surface area contributed by atoms with Crippen molar-refractivity contribution in [1.82, 2.24) is 19.4 Å². The molecule has 0 unspecified atom stereocenters. The number of nitrogens with zero attached hydrogens (tertiary/aromatic N) is 4. The topological polar surface area (TPSA) is 67.7 Å². The first-order chi connectivity index (χ1) is 12.2. The molecule has 3 rings (SSSR count). The van der Waals surface area contributed by atoms with E-state index in [2.05, 4.69) is 22.0 Å². The fourth-order valence-corrected chi connectivity index (χ4v) is 2.90. The second kappa shape index (κ2) is 7.94. The van der Waals surface area contributed by atoms with E-state index in [1.807, 2.05) is 17.0 Å². The average molecular weight is 342 g/mol. The van der Waals surface area contributed by atoms with Crippen molar-refractivity contribution < 1.29 is 9.53 Å². The first kappa shape index (κ1) is 17.2. The molecule has 0 atom stereocenters. The first-order valence-corrected chi connectivity index (χ1v) is 8.30. The molecule has 1 aromatic carbocycles. The van der Waals surface area contributed by atoms with E-state index in [1.54, 1.807) is 19.4 Å². The second-order valence-corrected chi connectivity index (χ2v) is 6.04. The lowest BCUT2D eigenvalue weighted by molar-refractivity contribution is -0.133. The second-order valence-electron chi connectivity index (χ2n) is 6.04. The Kier molecular flexibility index (Phi) is 5.45. The van der Waals surface area contributed by atoms with Crippen molar-refractivity contribution in [2.24, 2.45) is 0 Å². The molecular weight excluding hydrogens is 320 g/mol. The number of carbonyl (C=O) groups is 1. The van der Waals surface area contributed by atoms with E-state index >= 15 is 0 Å². The van der Waals surface area contributed by atoms with Crippen LogP contribution in [-0.2, 0) is 17.9 Å². The molecule has 7 heteroatoms. The third-order valence-electron chi connectivity index (χ3n) is 4.38. The smallest absolute Gasteiger partial charge is 0.347 e. The van der Waals surface area contributed by atoms with Crippen molar-refractivity contribution in [3.8, 4) is 5.75 Å². The number of ether oxygens (including phenoxy) is 1. The molecule has 1 saturated heterocycles. The third kappa shape index (κ3) is 4.45. The number of hydrogen-bond acceptors (Lipinski definition) is 5. The van der Waals surface area contributed by atoms with E-state index in [4.69, 9.17) is 4.74 Å². The molecular formula is C18H22N4O3. The highest BCUT2D eigenvalue weighted by Crippen LogP contribution is 2.14. The van der Waals surface area contributed by atoms with Crippen molar-refractivity contribution in [2.45, 2.75) is 13.1 Å². The molecule has 1 fully saturated rings. The summed E-state index contributed by atoms with van der Waals surface area (Å²) in [6.07, 6.45) is 3.02. The van der Waals surface area contributed by atoms with Gasteiger partial charge in [-0.15, -0.1) is 0 Å². The van der Waals surface area contributed by atoms with Crippen molar-refractivity contribution >= 4 is 5.91 Å². The van der Waals surface area contributed by atoms with Crippen LogP contribution in [0.1, 0.15) is 5.56 Å². The highest BCUT2D eigenvalue weighted by atomic mass is 16.5. The maximum absolute atomic E-state index is 12.4. The van der Waals surface area contributed by atoms with Crippen LogP contribution < -0.4 is 10.4 Å². The summed E-state index contributed by atoms with van der Waals surface area (Å²) in [5.41, 5.74) is 0.830. The lowest BCUT2D eigenvalue weighted by atomic mass is 10.2. The fourth-order valence-electron chi connectivity index (χ4n) is 2.90. The van der Waals surface area contributed by atoms with Crippen molar-refractivity contribution in [3.63, 3.8) is 0 Å². The van der Waals surface area contributed by atoms with Gasteiger partial charge in [0.2, 0.25) is 5.91 Å². The van der Waals surface area contributed by atoms with Crippen LogP contribution in [0, 0.1) is 0 Å². The van der Waals surface area contributed by atoms with Crippen LogP contribution in [0.25, 0.3) is 0 Å². The summed E-state index contributed by atoms with van der Waals surface area (Å²) >= 11 is 0. The summed E-state index contributed by atoms with van der Waals surface area (Å²) < 4.78 is 6.51. The highest BCUT2D eigenvalue weighted by Gasteiger charge is 2.21. The predicted octanol–water partition coefficient (Wildman–Crippen LogP) is 0.596. The number of rotatable bonds is 5. The standard InChI is InChI=1S/C18H22N4O3/c1-25-16-5-3-15(4-6-16)13-20-9-11-21(12-10-20)17(23)14-22-8-2-7-19-18(22)24/h2-8H,9-14H2,1H3. The van der Waals surface area contributed by atoms with Crippen molar-refractivity contribution in [3.05, 3.63) is 58.8 Å². The van der Waals surface area contributed by atoms with Gasteiger partial charge in [0.15, 0.2) is 0 Å². The molecule has 0 saturated carbocycles. The molecule has 25 heavy (non-hydrogen) atoms. The SMILES string of the molecule is COc1ccc(CN2CCN(C(=O)Cn3cccnc3=O)CC2)cc1. The molecule has 0 aliphatic carbocycles. The molecule has 2 heterocycles. The summed E-state index contributed by atoms with van der Waals surface area (Å²) in [6, 6.07) is 9.69. The van der Waals surface area contributed by atoms with Gasteiger partial charge in [0.1, 0.15) is 12.3 Å². The van der Waals surface area contributed by atoms with Crippen LogP contribution in [0.4, 0.5) is 0 Å². The Morgan fingerprint density at radius 1 is 1.16 bits per heavy atom. The molecule has 1 amide bonds. The Morgan fingerprint density at radius 3 is 2.52 bits per heavy atom. The van der Waals surface area contributed by atoms with E-state index < -0.39 is 5.69 Å². The summed E-state index contributed by atoms with van der Waals surface area (Å²) in [5, 5.41) is 0. The quantitative estimate of drug-likeness (QED) is 0.796. The zero-order valence-electron chi connectivity index (χ0n) is 14.3. The Morgan fingerprint density at radius 2 is 1.88 bits per heavy atom. The maximum atomic E-state index is 12.4. The molecule has 7 nitrogen and oxygen atoms in total. The van der Waals surface area contributed by atoms with Gasteiger partial charge < -0.3 is 9.64 Å². The summed E-state index contributed by atoms with van der Waals surface area (Å²) in [5.74, 6) is 0.809.